The summed E-state index contributed by atoms with van der Waals surface area (Å²) in [5.41, 5.74) is 0.958. The van der Waals surface area contributed by atoms with Crippen LogP contribution in [0.5, 0.6) is 0 Å². The van der Waals surface area contributed by atoms with E-state index in [1.807, 2.05) is 49.3 Å². The van der Waals surface area contributed by atoms with Crippen molar-refractivity contribution in [2.75, 3.05) is 27.2 Å². The summed E-state index contributed by atoms with van der Waals surface area (Å²) >= 11 is 0. The molecule has 0 saturated carbocycles. The first-order chi connectivity index (χ1) is 9.08. The summed E-state index contributed by atoms with van der Waals surface area (Å²) in [7, 11) is 3.79. The second-order valence-corrected chi connectivity index (χ2v) is 5.04. The Kier molecular flexibility index (Phi) is 4.39. The van der Waals surface area contributed by atoms with E-state index in [0.717, 1.165) is 5.56 Å². The van der Waals surface area contributed by atoms with Crippen LogP contribution >= 0.6 is 0 Å². The Bertz CT molecular complexity index is 422. The number of aliphatic hydroxyl groups is 1. The van der Waals surface area contributed by atoms with Crippen molar-refractivity contribution >= 4 is 6.09 Å². The first-order valence-electron chi connectivity index (χ1n) is 6.38. The van der Waals surface area contributed by atoms with E-state index in [1.54, 1.807) is 4.90 Å². The highest BCUT2D eigenvalue weighted by Gasteiger charge is 2.35. The molecule has 1 aromatic rings. The SMILES string of the molecule is CN(C)[C@@H]1CN(C(=O)OCc2ccccc2)C[C@@H]1O. The van der Waals surface area contributed by atoms with Gasteiger partial charge in [0.05, 0.1) is 18.7 Å². The number of ether oxygens (including phenoxy) is 1. The van der Waals surface area contributed by atoms with Crippen LogP contribution in [0, 0.1) is 0 Å². The molecule has 0 bridgehead atoms. The molecule has 1 aromatic carbocycles. The van der Waals surface area contributed by atoms with E-state index in [9.17, 15) is 9.90 Å². The number of carbonyl (C=O) groups excluding carboxylic acids is 1. The molecule has 1 aliphatic rings. The molecule has 1 fully saturated rings. The van der Waals surface area contributed by atoms with Gasteiger partial charge in [0.2, 0.25) is 0 Å². The van der Waals surface area contributed by atoms with Crippen molar-refractivity contribution < 1.29 is 14.6 Å². The van der Waals surface area contributed by atoms with E-state index in [4.69, 9.17) is 4.74 Å². The Morgan fingerprint density at radius 3 is 2.63 bits per heavy atom. The molecule has 2 atom stereocenters. The molecule has 1 amide bonds. The number of hydrogen-bond acceptors (Lipinski definition) is 4. The Balaban J connectivity index is 1.85. The third-order valence-electron chi connectivity index (χ3n) is 3.39. The molecule has 0 spiro atoms. The summed E-state index contributed by atoms with van der Waals surface area (Å²) in [4.78, 5) is 15.4. The molecule has 1 N–H and O–H groups in total. The zero-order chi connectivity index (χ0) is 13.8. The zero-order valence-electron chi connectivity index (χ0n) is 11.3. The van der Waals surface area contributed by atoms with Crippen molar-refractivity contribution in [3.63, 3.8) is 0 Å². The molecule has 2 rings (SSSR count). The molecular formula is C14H20N2O3. The summed E-state index contributed by atoms with van der Waals surface area (Å²) in [6, 6.07) is 9.53. The van der Waals surface area contributed by atoms with Gasteiger partial charge in [-0.05, 0) is 19.7 Å². The highest BCUT2D eigenvalue weighted by Crippen LogP contribution is 2.15. The minimum Gasteiger partial charge on any atom is -0.445 e. The summed E-state index contributed by atoms with van der Waals surface area (Å²) in [5.74, 6) is 0. The molecule has 104 valence electrons. The number of likely N-dealkylation sites (tertiary alicyclic amines) is 1. The highest BCUT2D eigenvalue weighted by molar-refractivity contribution is 5.68. The zero-order valence-corrected chi connectivity index (χ0v) is 11.3. The van der Waals surface area contributed by atoms with E-state index in [-0.39, 0.29) is 18.7 Å². The quantitative estimate of drug-likeness (QED) is 0.882. The molecule has 0 radical (unpaired) electrons. The van der Waals surface area contributed by atoms with Gasteiger partial charge in [-0.25, -0.2) is 4.79 Å². The molecule has 1 heterocycles. The number of aliphatic hydroxyl groups excluding tert-OH is 1. The number of carbonyl (C=O) groups is 1. The van der Waals surface area contributed by atoms with Crippen molar-refractivity contribution in [2.24, 2.45) is 0 Å². The fourth-order valence-corrected chi connectivity index (χ4v) is 2.24. The predicted molar refractivity (Wildman–Crippen MR) is 71.7 cm³/mol. The van der Waals surface area contributed by atoms with Gasteiger partial charge in [0, 0.05) is 6.54 Å². The molecule has 1 saturated heterocycles. The van der Waals surface area contributed by atoms with Gasteiger partial charge in [0.1, 0.15) is 6.61 Å². The number of hydrogen-bond donors (Lipinski definition) is 1. The summed E-state index contributed by atoms with van der Waals surface area (Å²) in [5, 5.41) is 9.87. The maximum absolute atomic E-state index is 11.9. The van der Waals surface area contributed by atoms with Gasteiger partial charge in [-0.3, -0.25) is 0 Å². The maximum atomic E-state index is 11.9. The first-order valence-corrected chi connectivity index (χ1v) is 6.38. The number of β-amino-alcohol motifs (C(OH)–C–C–N with tert-alkyl or cyclic N) is 1. The van der Waals surface area contributed by atoms with Crippen molar-refractivity contribution in [1.29, 1.82) is 0 Å². The normalized spacial score (nSPS) is 22.8. The van der Waals surface area contributed by atoms with Crippen LogP contribution in [0.1, 0.15) is 5.56 Å². The lowest BCUT2D eigenvalue weighted by molar-refractivity contribution is 0.0955. The minimum absolute atomic E-state index is 0.0238. The molecular weight excluding hydrogens is 244 g/mol. The highest BCUT2D eigenvalue weighted by atomic mass is 16.6. The van der Waals surface area contributed by atoms with E-state index in [0.29, 0.717) is 13.1 Å². The second-order valence-electron chi connectivity index (χ2n) is 5.04. The van der Waals surface area contributed by atoms with Gasteiger partial charge in [0.25, 0.3) is 0 Å². The summed E-state index contributed by atoms with van der Waals surface area (Å²) < 4.78 is 5.25. The van der Waals surface area contributed by atoms with E-state index in [2.05, 4.69) is 0 Å². The number of likely N-dealkylation sites (N-methyl/N-ethyl adjacent to an activating group) is 1. The van der Waals surface area contributed by atoms with Crippen LogP contribution in [0.4, 0.5) is 4.79 Å². The number of rotatable bonds is 3. The maximum Gasteiger partial charge on any atom is 0.410 e. The Morgan fingerprint density at radius 1 is 1.37 bits per heavy atom. The van der Waals surface area contributed by atoms with Gasteiger partial charge in [0.15, 0.2) is 0 Å². The van der Waals surface area contributed by atoms with Crippen molar-refractivity contribution in [3.05, 3.63) is 35.9 Å². The van der Waals surface area contributed by atoms with Gasteiger partial charge >= 0.3 is 6.09 Å². The molecule has 0 aliphatic carbocycles. The first kappa shape index (κ1) is 13.8. The van der Waals surface area contributed by atoms with Crippen LogP contribution in [0.15, 0.2) is 30.3 Å². The van der Waals surface area contributed by atoms with Crippen molar-refractivity contribution in [1.82, 2.24) is 9.80 Å². The topological polar surface area (TPSA) is 53.0 Å². The largest absolute Gasteiger partial charge is 0.445 e. The lowest BCUT2D eigenvalue weighted by atomic mass is 10.2. The van der Waals surface area contributed by atoms with Crippen LogP contribution in [-0.4, -0.2) is 60.3 Å². The predicted octanol–water partition coefficient (Wildman–Crippen LogP) is 0.930. The van der Waals surface area contributed by atoms with Crippen LogP contribution in [-0.2, 0) is 11.3 Å². The number of benzene rings is 1. The van der Waals surface area contributed by atoms with E-state index < -0.39 is 6.10 Å². The van der Waals surface area contributed by atoms with Crippen molar-refractivity contribution in [3.8, 4) is 0 Å². The van der Waals surface area contributed by atoms with Crippen LogP contribution in [0.25, 0.3) is 0 Å². The third-order valence-corrected chi connectivity index (χ3v) is 3.39. The van der Waals surface area contributed by atoms with Crippen LogP contribution < -0.4 is 0 Å². The Labute approximate surface area is 113 Å². The lowest BCUT2D eigenvalue weighted by Crippen LogP contribution is -2.38. The molecule has 5 nitrogen and oxygen atoms in total. The smallest absolute Gasteiger partial charge is 0.410 e. The Hall–Kier alpha value is -1.59. The molecule has 5 heteroatoms. The lowest BCUT2D eigenvalue weighted by Gasteiger charge is -2.21. The van der Waals surface area contributed by atoms with Gasteiger partial charge in [-0.1, -0.05) is 30.3 Å². The third kappa shape index (κ3) is 3.45. The minimum atomic E-state index is -0.515. The molecule has 19 heavy (non-hydrogen) atoms. The fraction of sp³-hybridized carbons (Fsp3) is 0.500. The summed E-state index contributed by atoms with van der Waals surface area (Å²) in [6.07, 6.45) is -0.883. The average Bonchev–Trinajstić information content (AvgIpc) is 2.79. The fourth-order valence-electron chi connectivity index (χ4n) is 2.24. The van der Waals surface area contributed by atoms with E-state index >= 15 is 0 Å². The van der Waals surface area contributed by atoms with Crippen LogP contribution in [0.2, 0.25) is 0 Å². The number of amides is 1. The monoisotopic (exact) mass is 264 g/mol. The molecule has 1 aliphatic heterocycles. The van der Waals surface area contributed by atoms with Crippen molar-refractivity contribution in [2.45, 2.75) is 18.8 Å². The molecule has 0 unspecified atom stereocenters. The molecule has 0 aromatic heterocycles. The van der Waals surface area contributed by atoms with Gasteiger partial charge < -0.3 is 19.6 Å². The summed E-state index contributed by atoms with van der Waals surface area (Å²) in [6.45, 7) is 1.09. The Morgan fingerprint density at radius 2 is 2.05 bits per heavy atom. The van der Waals surface area contributed by atoms with Gasteiger partial charge in [-0.2, -0.15) is 0 Å². The van der Waals surface area contributed by atoms with Gasteiger partial charge in [-0.15, -0.1) is 0 Å². The number of nitrogens with zero attached hydrogens (tertiary/aromatic N) is 2. The van der Waals surface area contributed by atoms with E-state index in [1.165, 1.54) is 0 Å². The second kappa shape index (κ2) is 6.04. The average molecular weight is 264 g/mol. The van der Waals surface area contributed by atoms with Crippen LogP contribution in [0.3, 0.4) is 0 Å². The standard InChI is InChI=1S/C14H20N2O3/c1-15(2)12-8-16(9-13(12)17)14(18)19-10-11-6-4-3-5-7-11/h3-7,12-13,17H,8-10H2,1-2H3/t12-,13+/m1/s1.